The van der Waals surface area contributed by atoms with Crippen molar-refractivity contribution >= 4 is 11.7 Å². The third-order valence-corrected chi connectivity index (χ3v) is 3.35. The van der Waals surface area contributed by atoms with Crippen molar-refractivity contribution in [2.45, 2.75) is 33.4 Å². The molecule has 2 rings (SSSR count). The number of aryl methyl sites for hydroxylation is 2. The number of aliphatic carboxylic acids is 1. The second-order valence-electron chi connectivity index (χ2n) is 4.99. The van der Waals surface area contributed by atoms with Crippen LogP contribution in [0.1, 0.15) is 24.7 Å². The lowest BCUT2D eigenvalue weighted by molar-refractivity contribution is -0.136. The van der Waals surface area contributed by atoms with Gasteiger partial charge in [-0.25, -0.2) is 0 Å². The summed E-state index contributed by atoms with van der Waals surface area (Å²) in [4.78, 5) is 13.0. The van der Waals surface area contributed by atoms with Crippen LogP contribution < -0.4 is 4.90 Å². The molecule has 5 heteroatoms. The molecule has 1 heterocycles. The first-order valence-corrected chi connectivity index (χ1v) is 7.15. The van der Waals surface area contributed by atoms with Crippen molar-refractivity contribution < 1.29 is 9.90 Å². The van der Waals surface area contributed by atoms with Gasteiger partial charge >= 0.3 is 5.97 Å². The molecular formula is C16H21N3O2. The molecule has 1 aromatic carbocycles. The van der Waals surface area contributed by atoms with Gasteiger partial charge in [-0.05, 0) is 32.0 Å². The van der Waals surface area contributed by atoms with Crippen LogP contribution in [0.4, 0.5) is 5.69 Å². The molecule has 0 saturated carbocycles. The fraction of sp³-hybridized carbons (Fsp3) is 0.375. The Morgan fingerprint density at radius 3 is 2.67 bits per heavy atom. The van der Waals surface area contributed by atoms with Gasteiger partial charge in [0, 0.05) is 18.8 Å². The number of nitrogens with zero attached hydrogens (tertiary/aromatic N) is 3. The van der Waals surface area contributed by atoms with Gasteiger partial charge in [-0.2, -0.15) is 5.10 Å². The highest BCUT2D eigenvalue weighted by atomic mass is 16.4. The standard InChI is InChI=1S/C16H21N3O2/c1-3-19-15(11-13(2)17-19)12-18(10-9-16(20)21)14-7-5-4-6-8-14/h4-8,11H,3,9-10,12H2,1-2H3,(H,20,21). The lowest BCUT2D eigenvalue weighted by atomic mass is 10.2. The van der Waals surface area contributed by atoms with E-state index < -0.39 is 5.97 Å². The first-order chi connectivity index (χ1) is 10.1. The minimum atomic E-state index is -0.781. The van der Waals surface area contributed by atoms with E-state index in [0.717, 1.165) is 23.6 Å². The molecule has 112 valence electrons. The number of hydrogen-bond acceptors (Lipinski definition) is 3. The third kappa shape index (κ3) is 4.08. The molecule has 0 aliphatic rings. The predicted molar refractivity (Wildman–Crippen MR) is 82.4 cm³/mol. The molecule has 5 nitrogen and oxygen atoms in total. The van der Waals surface area contributed by atoms with E-state index in [-0.39, 0.29) is 6.42 Å². The van der Waals surface area contributed by atoms with Gasteiger partial charge in [-0.3, -0.25) is 9.48 Å². The Balaban J connectivity index is 2.20. The van der Waals surface area contributed by atoms with E-state index >= 15 is 0 Å². The molecule has 0 fully saturated rings. The topological polar surface area (TPSA) is 58.4 Å². The Hall–Kier alpha value is -2.30. The molecule has 0 aliphatic carbocycles. The van der Waals surface area contributed by atoms with E-state index in [1.54, 1.807) is 0 Å². The summed E-state index contributed by atoms with van der Waals surface area (Å²) in [6.07, 6.45) is 0.119. The van der Waals surface area contributed by atoms with E-state index in [2.05, 4.69) is 23.0 Å². The van der Waals surface area contributed by atoms with Gasteiger partial charge in [0.25, 0.3) is 0 Å². The van der Waals surface area contributed by atoms with Crippen molar-refractivity contribution in [1.82, 2.24) is 9.78 Å². The van der Waals surface area contributed by atoms with Gasteiger partial charge in [0.2, 0.25) is 0 Å². The normalized spacial score (nSPS) is 10.6. The summed E-state index contributed by atoms with van der Waals surface area (Å²) in [5.41, 5.74) is 3.11. The van der Waals surface area contributed by atoms with Crippen LogP contribution in [-0.4, -0.2) is 27.4 Å². The maximum Gasteiger partial charge on any atom is 0.305 e. The lowest BCUT2D eigenvalue weighted by Gasteiger charge is -2.24. The minimum Gasteiger partial charge on any atom is -0.481 e. The molecule has 1 N–H and O–H groups in total. The molecule has 0 radical (unpaired) electrons. The van der Waals surface area contributed by atoms with Crippen LogP contribution in [-0.2, 0) is 17.9 Å². The van der Waals surface area contributed by atoms with E-state index in [1.165, 1.54) is 0 Å². The third-order valence-electron chi connectivity index (χ3n) is 3.35. The average molecular weight is 287 g/mol. The van der Waals surface area contributed by atoms with Gasteiger partial charge in [-0.15, -0.1) is 0 Å². The van der Waals surface area contributed by atoms with Crippen molar-refractivity contribution in [3.8, 4) is 0 Å². The highest BCUT2D eigenvalue weighted by Crippen LogP contribution is 2.18. The number of hydrogen-bond donors (Lipinski definition) is 1. The smallest absolute Gasteiger partial charge is 0.305 e. The van der Waals surface area contributed by atoms with Gasteiger partial charge in [0.15, 0.2) is 0 Å². The van der Waals surface area contributed by atoms with E-state index in [1.807, 2.05) is 41.9 Å². The van der Waals surface area contributed by atoms with Crippen molar-refractivity contribution in [3.05, 3.63) is 47.8 Å². The minimum absolute atomic E-state index is 0.119. The Kier molecular flexibility index (Phi) is 4.98. The van der Waals surface area contributed by atoms with Crippen molar-refractivity contribution in [2.24, 2.45) is 0 Å². The van der Waals surface area contributed by atoms with Gasteiger partial charge in [-0.1, -0.05) is 18.2 Å². The zero-order valence-corrected chi connectivity index (χ0v) is 12.5. The van der Waals surface area contributed by atoms with E-state index in [9.17, 15) is 4.79 Å². The number of para-hydroxylation sites is 1. The summed E-state index contributed by atoms with van der Waals surface area (Å²) in [6.45, 7) is 5.98. The second-order valence-corrected chi connectivity index (χ2v) is 4.99. The van der Waals surface area contributed by atoms with Crippen molar-refractivity contribution in [3.63, 3.8) is 0 Å². The van der Waals surface area contributed by atoms with Crippen LogP contribution in [0.5, 0.6) is 0 Å². The Bertz CT molecular complexity index is 593. The molecule has 0 unspecified atom stereocenters. The Morgan fingerprint density at radius 2 is 2.05 bits per heavy atom. The summed E-state index contributed by atoms with van der Waals surface area (Å²) in [6, 6.07) is 11.9. The number of carboxylic acids is 1. The summed E-state index contributed by atoms with van der Waals surface area (Å²) in [7, 11) is 0. The fourth-order valence-corrected chi connectivity index (χ4v) is 2.36. The number of carboxylic acid groups (broad SMARTS) is 1. The first-order valence-electron chi connectivity index (χ1n) is 7.15. The maximum atomic E-state index is 10.9. The van der Waals surface area contributed by atoms with Crippen molar-refractivity contribution in [1.29, 1.82) is 0 Å². The van der Waals surface area contributed by atoms with E-state index in [0.29, 0.717) is 13.1 Å². The molecule has 1 aromatic heterocycles. The summed E-state index contributed by atoms with van der Waals surface area (Å²) < 4.78 is 1.96. The summed E-state index contributed by atoms with van der Waals surface area (Å²) in [5, 5.41) is 13.4. The number of aromatic nitrogens is 2. The fourth-order valence-electron chi connectivity index (χ4n) is 2.36. The number of benzene rings is 1. The zero-order chi connectivity index (χ0) is 15.2. The Morgan fingerprint density at radius 1 is 1.33 bits per heavy atom. The van der Waals surface area contributed by atoms with Gasteiger partial charge in [0.1, 0.15) is 0 Å². The Labute approximate surface area is 124 Å². The van der Waals surface area contributed by atoms with Crippen LogP contribution in [0.3, 0.4) is 0 Å². The first kappa shape index (κ1) is 15.1. The molecule has 0 bridgehead atoms. The molecule has 0 spiro atoms. The molecule has 0 saturated heterocycles. The summed E-state index contributed by atoms with van der Waals surface area (Å²) >= 11 is 0. The van der Waals surface area contributed by atoms with E-state index in [4.69, 9.17) is 5.11 Å². The molecular weight excluding hydrogens is 266 g/mol. The second kappa shape index (κ2) is 6.92. The van der Waals surface area contributed by atoms with Crippen LogP contribution in [0.15, 0.2) is 36.4 Å². The highest BCUT2D eigenvalue weighted by molar-refractivity contribution is 5.67. The maximum absolute atomic E-state index is 10.9. The van der Waals surface area contributed by atoms with Gasteiger partial charge in [0.05, 0.1) is 24.4 Å². The lowest BCUT2D eigenvalue weighted by Crippen LogP contribution is -2.27. The van der Waals surface area contributed by atoms with Crippen LogP contribution in [0, 0.1) is 6.92 Å². The van der Waals surface area contributed by atoms with Gasteiger partial charge < -0.3 is 10.0 Å². The molecule has 21 heavy (non-hydrogen) atoms. The SMILES string of the molecule is CCn1nc(C)cc1CN(CCC(=O)O)c1ccccc1. The molecule has 0 atom stereocenters. The molecule has 0 amide bonds. The van der Waals surface area contributed by atoms with Crippen LogP contribution in [0.25, 0.3) is 0 Å². The number of anilines is 1. The number of carbonyl (C=O) groups is 1. The quantitative estimate of drug-likeness (QED) is 0.850. The molecule has 2 aromatic rings. The summed E-state index contributed by atoms with van der Waals surface area (Å²) in [5.74, 6) is -0.781. The predicted octanol–water partition coefficient (Wildman–Crippen LogP) is 2.69. The average Bonchev–Trinajstić information content (AvgIpc) is 2.84. The zero-order valence-electron chi connectivity index (χ0n) is 12.5. The highest BCUT2D eigenvalue weighted by Gasteiger charge is 2.12. The monoisotopic (exact) mass is 287 g/mol. The largest absolute Gasteiger partial charge is 0.481 e. The van der Waals surface area contributed by atoms with Crippen LogP contribution in [0.2, 0.25) is 0 Å². The number of rotatable bonds is 7. The molecule has 0 aliphatic heterocycles. The van der Waals surface area contributed by atoms with Crippen molar-refractivity contribution in [2.75, 3.05) is 11.4 Å². The van der Waals surface area contributed by atoms with Crippen LogP contribution >= 0.6 is 0 Å².